The molecular formula is C28H28ClN3O3. The molecule has 0 fully saturated rings. The third-order valence-electron chi connectivity index (χ3n) is 5.76. The van der Waals surface area contributed by atoms with Crippen molar-refractivity contribution < 1.29 is 15.0 Å². The van der Waals surface area contributed by atoms with Crippen molar-refractivity contribution in [1.29, 1.82) is 0 Å². The number of carboxylic acids is 1. The van der Waals surface area contributed by atoms with Gasteiger partial charge in [0.15, 0.2) is 5.88 Å². The second-order valence-corrected chi connectivity index (χ2v) is 9.28. The van der Waals surface area contributed by atoms with Crippen LogP contribution < -0.4 is 0 Å². The Balaban J connectivity index is 1.83. The summed E-state index contributed by atoms with van der Waals surface area (Å²) < 4.78 is 0. The number of fused-ring (bicyclic) bond motifs is 1. The molecule has 0 atom stereocenters. The molecule has 0 radical (unpaired) electrons. The Morgan fingerprint density at radius 2 is 1.80 bits per heavy atom. The number of nitrogens with one attached hydrogen (secondary N) is 1. The zero-order valence-corrected chi connectivity index (χ0v) is 20.5. The summed E-state index contributed by atoms with van der Waals surface area (Å²) in [5, 5.41) is 21.5. The lowest BCUT2D eigenvalue weighted by Gasteiger charge is -2.11. The van der Waals surface area contributed by atoms with Gasteiger partial charge >= 0.3 is 5.97 Å². The molecule has 0 unspecified atom stereocenters. The van der Waals surface area contributed by atoms with Gasteiger partial charge in [0, 0.05) is 16.0 Å². The Hall–Kier alpha value is -3.61. The van der Waals surface area contributed by atoms with E-state index in [1.54, 1.807) is 18.2 Å². The number of carbonyl (C=O) groups is 1. The lowest BCUT2D eigenvalue weighted by atomic mass is 9.98. The monoisotopic (exact) mass is 489 g/mol. The maximum atomic E-state index is 11.3. The Morgan fingerprint density at radius 1 is 1.03 bits per heavy atom. The molecule has 1 heterocycles. The standard InChI is InChI=1S/C28H28ClN3O3/c1-32(2)13-5-8-18-6-4-10-22(15-18)30-27(20-9-3-7-19(14-20)16-25(33)34)26-23-12-11-21(29)17-24(23)31-28(26)35/h3-4,6-7,9-12,14-15,17,31,35H,5,8,13,16H2,1-2H3,(H,33,34). The Morgan fingerprint density at radius 3 is 2.57 bits per heavy atom. The number of hydrogen-bond acceptors (Lipinski definition) is 4. The number of carboxylic acid groups (broad SMARTS) is 1. The fourth-order valence-corrected chi connectivity index (χ4v) is 4.35. The molecule has 180 valence electrons. The van der Waals surface area contributed by atoms with Crippen molar-refractivity contribution in [3.8, 4) is 5.88 Å². The Kier molecular flexibility index (Phi) is 7.54. The largest absolute Gasteiger partial charge is 0.494 e. The molecule has 0 saturated heterocycles. The molecule has 0 spiro atoms. The van der Waals surface area contributed by atoms with Crippen LogP contribution in [-0.4, -0.2) is 52.4 Å². The molecular weight excluding hydrogens is 462 g/mol. The summed E-state index contributed by atoms with van der Waals surface area (Å²) >= 11 is 6.16. The zero-order chi connectivity index (χ0) is 24.9. The van der Waals surface area contributed by atoms with Crippen molar-refractivity contribution in [2.24, 2.45) is 4.99 Å². The van der Waals surface area contributed by atoms with E-state index < -0.39 is 5.97 Å². The Labute approximate surface area is 209 Å². The quantitative estimate of drug-likeness (QED) is 0.258. The first-order chi connectivity index (χ1) is 16.8. The van der Waals surface area contributed by atoms with Crippen LogP contribution in [-0.2, 0) is 17.6 Å². The number of H-pyrrole nitrogens is 1. The molecule has 3 N–H and O–H groups in total. The second kappa shape index (κ2) is 10.8. The third kappa shape index (κ3) is 6.10. The van der Waals surface area contributed by atoms with Gasteiger partial charge in [0.1, 0.15) is 0 Å². The lowest BCUT2D eigenvalue weighted by Crippen LogP contribution is -2.13. The van der Waals surface area contributed by atoms with E-state index in [2.05, 4.69) is 36.1 Å². The van der Waals surface area contributed by atoms with Gasteiger partial charge in [0.05, 0.1) is 28.9 Å². The van der Waals surface area contributed by atoms with Crippen molar-refractivity contribution in [3.05, 3.63) is 94.0 Å². The highest BCUT2D eigenvalue weighted by Crippen LogP contribution is 2.33. The van der Waals surface area contributed by atoms with E-state index in [1.807, 2.05) is 36.4 Å². The van der Waals surface area contributed by atoms with Gasteiger partial charge in [-0.05, 0) is 74.9 Å². The molecule has 0 saturated carbocycles. The fourth-order valence-electron chi connectivity index (χ4n) is 4.17. The maximum Gasteiger partial charge on any atom is 0.307 e. The number of aromatic nitrogens is 1. The molecule has 0 aliphatic heterocycles. The second-order valence-electron chi connectivity index (χ2n) is 8.85. The predicted molar refractivity (Wildman–Crippen MR) is 141 cm³/mol. The minimum atomic E-state index is -0.907. The van der Waals surface area contributed by atoms with E-state index in [0.717, 1.165) is 30.5 Å². The zero-order valence-electron chi connectivity index (χ0n) is 19.8. The highest BCUT2D eigenvalue weighted by atomic mass is 35.5. The summed E-state index contributed by atoms with van der Waals surface area (Å²) in [7, 11) is 4.12. The molecule has 0 aliphatic carbocycles. The Bertz CT molecular complexity index is 1390. The molecule has 3 aromatic carbocycles. The average Bonchev–Trinajstić information content (AvgIpc) is 3.11. The topological polar surface area (TPSA) is 88.9 Å². The number of aliphatic carboxylic acids is 1. The fraction of sp³-hybridized carbons (Fsp3) is 0.214. The maximum absolute atomic E-state index is 11.3. The summed E-state index contributed by atoms with van der Waals surface area (Å²) in [6, 6.07) is 20.7. The minimum Gasteiger partial charge on any atom is -0.494 e. The van der Waals surface area contributed by atoms with E-state index in [0.29, 0.717) is 32.9 Å². The number of nitrogens with zero attached hydrogens (tertiary/aromatic N) is 2. The molecule has 0 amide bonds. The minimum absolute atomic E-state index is 0.0215. The van der Waals surface area contributed by atoms with Gasteiger partial charge in [-0.3, -0.25) is 4.79 Å². The van der Waals surface area contributed by atoms with Gasteiger partial charge in [0.25, 0.3) is 0 Å². The van der Waals surface area contributed by atoms with Crippen LogP contribution in [0.25, 0.3) is 10.9 Å². The van der Waals surface area contributed by atoms with Crippen molar-refractivity contribution in [2.45, 2.75) is 19.3 Å². The SMILES string of the molecule is CN(C)CCCc1cccc(N=C(c2cccc(CC(=O)O)c2)c2c(O)[nH]c3cc(Cl)ccc23)c1. The summed E-state index contributed by atoms with van der Waals surface area (Å²) in [5.74, 6) is -0.928. The first-order valence-electron chi connectivity index (χ1n) is 11.4. The number of aromatic amines is 1. The molecule has 1 aromatic heterocycles. The summed E-state index contributed by atoms with van der Waals surface area (Å²) in [6.07, 6.45) is 1.87. The van der Waals surface area contributed by atoms with Crippen molar-refractivity contribution in [1.82, 2.24) is 9.88 Å². The summed E-state index contributed by atoms with van der Waals surface area (Å²) in [6.45, 7) is 1.00. The first kappa shape index (κ1) is 24.5. The van der Waals surface area contributed by atoms with Crippen molar-refractivity contribution in [3.63, 3.8) is 0 Å². The van der Waals surface area contributed by atoms with Crippen LogP contribution in [0.15, 0.2) is 71.7 Å². The van der Waals surface area contributed by atoms with E-state index >= 15 is 0 Å². The number of benzene rings is 3. The molecule has 35 heavy (non-hydrogen) atoms. The number of rotatable bonds is 9. The molecule has 0 bridgehead atoms. The molecule has 0 aliphatic rings. The normalized spacial score (nSPS) is 11.9. The van der Waals surface area contributed by atoms with Crippen molar-refractivity contribution in [2.75, 3.05) is 20.6 Å². The number of aryl methyl sites for hydroxylation is 1. The van der Waals surface area contributed by atoms with E-state index in [1.165, 1.54) is 5.56 Å². The van der Waals surface area contributed by atoms with E-state index in [-0.39, 0.29) is 12.3 Å². The van der Waals surface area contributed by atoms with Crippen molar-refractivity contribution >= 4 is 39.9 Å². The summed E-state index contributed by atoms with van der Waals surface area (Å²) in [4.78, 5) is 21.4. The highest BCUT2D eigenvalue weighted by Gasteiger charge is 2.19. The van der Waals surface area contributed by atoms with Crippen LogP contribution in [0.2, 0.25) is 5.02 Å². The van der Waals surface area contributed by atoms with Crippen LogP contribution in [0.3, 0.4) is 0 Å². The molecule has 4 rings (SSSR count). The number of aliphatic imine (C=N–C) groups is 1. The molecule has 4 aromatic rings. The number of hydrogen-bond donors (Lipinski definition) is 3. The number of halogens is 1. The van der Waals surface area contributed by atoms with Crippen LogP contribution in [0.1, 0.15) is 28.7 Å². The van der Waals surface area contributed by atoms with Crippen LogP contribution in [0, 0.1) is 0 Å². The first-order valence-corrected chi connectivity index (χ1v) is 11.8. The van der Waals surface area contributed by atoms with Gasteiger partial charge in [-0.2, -0.15) is 0 Å². The average molecular weight is 490 g/mol. The lowest BCUT2D eigenvalue weighted by molar-refractivity contribution is -0.136. The van der Waals surface area contributed by atoms with Crippen LogP contribution >= 0.6 is 11.6 Å². The predicted octanol–water partition coefficient (Wildman–Crippen LogP) is 5.82. The van der Waals surface area contributed by atoms with Gasteiger partial charge in [-0.1, -0.05) is 48.0 Å². The van der Waals surface area contributed by atoms with Gasteiger partial charge < -0.3 is 20.1 Å². The van der Waals surface area contributed by atoms with Gasteiger partial charge in [-0.25, -0.2) is 4.99 Å². The summed E-state index contributed by atoms with van der Waals surface area (Å²) in [5.41, 5.74) is 5.10. The van der Waals surface area contributed by atoms with E-state index in [4.69, 9.17) is 16.6 Å². The highest BCUT2D eigenvalue weighted by molar-refractivity contribution is 6.31. The van der Waals surface area contributed by atoms with Crippen LogP contribution in [0.4, 0.5) is 5.69 Å². The van der Waals surface area contributed by atoms with E-state index in [9.17, 15) is 15.0 Å². The van der Waals surface area contributed by atoms with Gasteiger partial charge in [0.2, 0.25) is 0 Å². The van der Waals surface area contributed by atoms with Gasteiger partial charge in [-0.15, -0.1) is 0 Å². The smallest absolute Gasteiger partial charge is 0.307 e. The molecule has 6 nitrogen and oxygen atoms in total. The number of aromatic hydroxyl groups is 1. The van der Waals surface area contributed by atoms with Crippen LogP contribution in [0.5, 0.6) is 5.88 Å². The third-order valence-corrected chi connectivity index (χ3v) is 5.99. The molecule has 7 heteroatoms.